The van der Waals surface area contributed by atoms with E-state index in [2.05, 4.69) is 42.6 Å². The summed E-state index contributed by atoms with van der Waals surface area (Å²) in [6.45, 7) is 2.40. The molecule has 0 bridgehead atoms. The van der Waals surface area contributed by atoms with Crippen LogP contribution in [-0.2, 0) is 17.6 Å². The van der Waals surface area contributed by atoms with Gasteiger partial charge in [-0.1, -0.05) is 48.5 Å². The van der Waals surface area contributed by atoms with Crippen LogP contribution in [0.2, 0.25) is 0 Å². The van der Waals surface area contributed by atoms with Gasteiger partial charge in [0.25, 0.3) is 5.91 Å². The summed E-state index contributed by atoms with van der Waals surface area (Å²) in [5.74, 6) is 0.884. The second-order valence-electron chi connectivity index (χ2n) is 7.87. The van der Waals surface area contributed by atoms with E-state index in [0.29, 0.717) is 6.54 Å². The van der Waals surface area contributed by atoms with E-state index in [-0.39, 0.29) is 18.0 Å². The molecule has 4 nitrogen and oxygen atoms in total. The molecule has 1 aliphatic carbocycles. The SMILES string of the molecule is C[C@H](NC(=O)C[NH2+][C@@H](c1ccccc1)c1ccco1)c1ccc2c(c1)CCCC2. The Balaban J connectivity index is 1.38. The Bertz CT molecular complexity index is 935. The fraction of sp³-hybridized carbons (Fsp3) is 0.320. The highest BCUT2D eigenvalue weighted by atomic mass is 16.3. The minimum atomic E-state index is -0.0315. The Hall–Kier alpha value is -2.85. The van der Waals surface area contributed by atoms with Crippen molar-refractivity contribution in [2.75, 3.05) is 6.54 Å². The topological polar surface area (TPSA) is 58.9 Å². The van der Waals surface area contributed by atoms with E-state index in [9.17, 15) is 4.79 Å². The number of nitrogens with one attached hydrogen (secondary N) is 1. The molecule has 0 radical (unpaired) electrons. The average molecular weight is 390 g/mol. The standard InChI is InChI=1S/C25H28N2O2/c1-18(21-14-13-19-8-5-6-11-22(19)16-21)27-24(28)17-26-25(23-12-7-15-29-23)20-9-3-2-4-10-20/h2-4,7,9-10,12-16,18,25-26H,5-6,8,11,17H2,1H3,(H,27,28)/p+1/t18-,25-/m0/s1. The van der Waals surface area contributed by atoms with E-state index in [1.807, 2.05) is 35.6 Å². The zero-order chi connectivity index (χ0) is 20.1. The molecular weight excluding hydrogens is 360 g/mol. The second kappa shape index (κ2) is 9.10. The number of amides is 1. The van der Waals surface area contributed by atoms with Crippen molar-refractivity contribution in [3.05, 3.63) is 94.9 Å². The molecule has 1 aromatic heterocycles. The van der Waals surface area contributed by atoms with Gasteiger partial charge in [-0.05, 0) is 61.4 Å². The lowest BCUT2D eigenvalue weighted by atomic mass is 9.89. The summed E-state index contributed by atoms with van der Waals surface area (Å²) in [7, 11) is 0. The summed E-state index contributed by atoms with van der Waals surface area (Å²) in [5.41, 5.74) is 5.22. The molecule has 0 unspecified atom stereocenters. The first-order chi connectivity index (χ1) is 14.2. The molecule has 0 fully saturated rings. The first-order valence-electron chi connectivity index (χ1n) is 10.5. The molecule has 1 heterocycles. The van der Waals surface area contributed by atoms with Gasteiger partial charge in [0.05, 0.1) is 12.3 Å². The first kappa shape index (κ1) is 19.5. The normalized spacial score (nSPS) is 15.3. The van der Waals surface area contributed by atoms with E-state index in [1.54, 1.807) is 6.26 Å². The summed E-state index contributed by atoms with van der Waals surface area (Å²) >= 11 is 0. The molecular formula is C25H29N2O2+. The minimum Gasteiger partial charge on any atom is -0.463 e. The third-order valence-corrected chi connectivity index (χ3v) is 5.80. The number of benzene rings is 2. The highest BCUT2D eigenvalue weighted by molar-refractivity contribution is 5.77. The third-order valence-electron chi connectivity index (χ3n) is 5.80. The number of nitrogens with two attached hydrogens (primary N) is 1. The molecule has 1 aliphatic rings. The third kappa shape index (κ3) is 4.77. The van der Waals surface area contributed by atoms with E-state index in [1.165, 1.54) is 36.0 Å². The first-order valence-corrected chi connectivity index (χ1v) is 10.5. The van der Waals surface area contributed by atoms with Gasteiger partial charge >= 0.3 is 0 Å². The van der Waals surface area contributed by atoms with Crippen LogP contribution >= 0.6 is 0 Å². The van der Waals surface area contributed by atoms with Crippen LogP contribution in [-0.4, -0.2) is 12.5 Å². The maximum Gasteiger partial charge on any atom is 0.275 e. The molecule has 3 N–H and O–H groups in total. The van der Waals surface area contributed by atoms with Gasteiger partial charge in [-0.15, -0.1) is 0 Å². The van der Waals surface area contributed by atoms with E-state index in [4.69, 9.17) is 4.42 Å². The van der Waals surface area contributed by atoms with Crippen LogP contribution in [0.1, 0.15) is 59.9 Å². The van der Waals surface area contributed by atoms with E-state index >= 15 is 0 Å². The maximum absolute atomic E-state index is 12.6. The van der Waals surface area contributed by atoms with Crippen molar-refractivity contribution >= 4 is 5.91 Å². The van der Waals surface area contributed by atoms with Gasteiger partial charge in [0, 0.05) is 5.56 Å². The van der Waals surface area contributed by atoms with Crippen LogP contribution in [0.3, 0.4) is 0 Å². The van der Waals surface area contributed by atoms with Crippen LogP contribution in [0.25, 0.3) is 0 Å². The summed E-state index contributed by atoms with van der Waals surface area (Å²) < 4.78 is 5.62. The van der Waals surface area contributed by atoms with Crippen molar-refractivity contribution in [2.45, 2.75) is 44.7 Å². The lowest BCUT2D eigenvalue weighted by Crippen LogP contribution is -2.87. The lowest BCUT2D eigenvalue weighted by Gasteiger charge is -2.20. The number of hydrogen-bond donors (Lipinski definition) is 2. The summed E-state index contributed by atoms with van der Waals surface area (Å²) in [6, 6.07) is 20.6. The minimum absolute atomic E-state index is 0.00177. The number of carbonyl (C=O) groups excluding carboxylic acids is 1. The van der Waals surface area contributed by atoms with Crippen LogP contribution in [0.15, 0.2) is 71.3 Å². The molecule has 2 atom stereocenters. The highest BCUT2D eigenvalue weighted by Crippen LogP contribution is 2.24. The average Bonchev–Trinajstić information content (AvgIpc) is 3.29. The van der Waals surface area contributed by atoms with Crippen molar-refractivity contribution in [3.63, 3.8) is 0 Å². The molecule has 0 saturated heterocycles. The van der Waals surface area contributed by atoms with Crippen molar-refractivity contribution in [1.82, 2.24) is 5.32 Å². The number of quaternary nitrogens is 1. The summed E-state index contributed by atoms with van der Waals surface area (Å²) in [6.07, 6.45) is 6.56. The van der Waals surface area contributed by atoms with Gasteiger partial charge < -0.3 is 15.1 Å². The maximum atomic E-state index is 12.6. The van der Waals surface area contributed by atoms with Gasteiger partial charge in [-0.3, -0.25) is 4.79 Å². The van der Waals surface area contributed by atoms with Crippen molar-refractivity contribution in [3.8, 4) is 0 Å². The number of rotatable bonds is 7. The summed E-state index contributed by atoms with van der Waals surface area (Å²) in [4.78, 5) is 12.6. The van der Waals surface area contributed by atoms with Crippen LogP contribution < -0.4 is 10.6 Å². The predicted octanol–water partition coefficient (Wildman–Crippen LogP) is 3.69. The Morgan fingerprint density at radius 1 is 1.00 bits per heavy atom. The predicted molar refractivity (Wildman–Crippen MR) is 113 cm³/mol. The number of hydrogen-bond acceptors (Lipinski definition) is 2. The number of furan rings is 1. The Morgan fingerprint density at radius 3 is 2.55 bits per heavy atom. The van der Waals surface area contributed by atoms with E-state index < -0.39 is 0 Å². The molecule has 4 rings (SSSR count). The second-order valence-corrected chi connectivity index (χ2v) is 7.87. The lowest BCUT2D eigenvalue weighted by molar-refractivity contribution is -0.678. The Kier molecular flexibility index (Phi) is 6.11. The number of fused-ring (bicyclic) bond motifs is 1. The highest BCUT2D eigenvalue weighted by Gasteiger charge is 2.22. The van der Waals surface area contributed by atoms with Crippen molar-refractivity contribution < 1.29 is 14.5 Å². The largest absolute Gasteiger partial charge is 0.463 e. The van der Waals surface area contributed by atoms with Gasteiger partial charge in [0.1, 0.15) is 0 Å². The van der Waals surface area contributed by atoms with Crippen LogP contribution in [0.4, 0.5) is 0 Å². The molecule has 1 amide bonds. The number of carbonyl (C=O) groups is 1. The van der Waals surface area contributed by atoms with Gasteiger partial charge in [-0.25, -0.2) is 0 Å². The molecule has 150 valence electrons. The number of aryl methyl sites for hydroxylation is 2. The van der Waals surface area contributed by atoms with Crippen LogP contribution in [0.5, 0.6) is 0 Å². The van der Waals surface area contributed by atoms with Crippen molar-refractivity contribution in [1.29, 1.82) is 0 Å². The monoisotopic (exact) mass is 389 g/mol. The quantitative estimate of drug-likeness (QED) is 0.647. The zero-order valence-electron chi connectivity index (χ0n) is 16.9. The fourth-order valence-corrected chi connectivity index (χ4v) is 4.18. The van der Waals surface area contributed by atoms with E-state index in [0.717, 1.165) is 17.7 Å². The molecule has 4 heteroatoms. The molecule has 0 aliphatic heterocycles. The summed E-state index contributed by atoms with van der Waals surface area (Å²) in [5, 5.41) is 5.19. The van der Waals surface area contributed by atoms with Crippen LogP contribution in [0, 0.1) is 0 Å². The molecule has 2 aromatic carbocycles. The van der Waals surface area contributed by atoms with Crippen molar-refractivity contribution in [2.24, 2.45) is 0 Å². The molecule has 0 spiro atoms. The Labute approximate surface area is 172 Å². The fourth-order valence-electron chi connectivity index (χ4n) is 4.18. The smallest absolute Gasteiger partial charge is 0.275 e. The molecule has 0 saturated carbocycles. The zero-order valence-corrected chi connectivity index (χ0v) is 16.9. The van der Waals surface area contributed by atoms with Gasteiger partial charge in [0.2, 0.25) is 0 Å². The molecule has 29 heavy (non-hydrogen) atoms. The van der Waals surface area contributed by atoms with Gasteiger partial charge in [-0.2, -0.15) is 0 Å². The molecule has 3 aromatic rings. The van der Waals surface area contributed by atoms with Gasteiger partial charge in [0.15, 0.2) is 18.3 Å². The Morgan fingerprint density at radius 2 is 1.79 bits per heavy atom.